The van der Waals surface area contributed by atoms with E-state index in [2.05, 4.69) is 56.5 Å². The number of aryl methyl sites for hydroxylation is 1. The Morgan fingerprint density at radius 3 is 2.71 bits per heavy atom. The molecule has 3 heterocycles. The quantitative estimate of drug-likeness (QED) is 0.577. The second kappa shape index (κ2) is 5.85. The van der Waals surface area contributed by atoms with Crippen molar-refractivity contribution in [1.82, 2.24) is 24.5 Å². The number of pyridine rings is 1. The molecule has 0 saturated carbocycles. The first-order valence-electron chi connectivity index (χ1n) is 7.89. The summed E-state index contributed by atoms with van der Waals surface area (Å²) >= 11 is 0. The SMILES string of the molecule is Cc1ccc(-c2nccn2[C@H](C)c2ccncn2)c2cccnc12. The lowest BCUT2D eigenvalue weighted by Gasteiger charge is -2.17. The zero-order valence-corrected chi connectivity index (χ0v) is 13.6. The van der Waals surface area contributed by atoms with Gasteiger partial charge in [0.05, 0.1) is 17.3 Å². The molecule has 0 amide bonds. The molecule has 4 rings (SSSR count). The Bertz CT molecular complexity index is 991. The Morgan fingerprint density at radius 2 is 1.88 bits per heavy atom. The number of aromatic nitrogens is 5. The molecule has 118 valence electrons. The third kappa shape index (κ3) is 2.34. The number of nitrogens with zero attached hydrogens (tertiary/aromatic N) is 5. The lowest BCUT2D eigenvalue weighted by atomic mass is 10.0. The number of hydrogen-bond acceptors (Lipinski definition) is 4. The molecule has 0 saturated heterocycles. The normalized spacial score (nSPS) is 12.4. The van der Waals surface area contributed by atoms with Crippen molar-refractivity contribution in [3.05, 3.63) is 72.7 Å². The molecule has 0 aliphatic rings. The van der Waals surface area contributed by atoms with Crippen molar-refractivity contribution in [1.29, 1.82) is 0 Å². The van der Waals surface area contributed by atoms with Gasteiger partial charge in [0.2, 0.25) is 0 Å². The standard InChI is InChI=1S/C19H17N5/c1-13-5-6-16(15-4-3-8-21-18(13)15)19-22-10-11-24(19)14(2)17-7-9-20-12-23-17/h3-12,14H,1-2H3/t14-/m1/s1. The van der Waals surface area contributed by atoms with Crippen LogP contribution in [-0.2, 0) is 0 Å². The van der Waals surface area contributed by atoms with E-state index >= 15 is 0 Å². The Kier molecular flexibility index (Phi) is 3.54. The van der Waals surface area contributed by atoms with E-state index in [1.807, 2.05) is 30.7 Å². The van der Waals surface area contributed by atoms with Gasteiger partial charge in [-0.2, -0.15) is 0 Å². The van der Waals surface area contributed by atoms with Crippen molar-refractivity contribution in [3.63, 3.8) is 0 Å². The van der Waals surface area contributed by atoms with Crippen LogP contribution in [0.15, 0.2) is 61.4 Å². The summed E-state index contributed by atoms with van der Waals surface area (Å²) in [4.78, 5) is 17.5. The number of hydrogen-bond donors (Lipinski definition) is 0. The summed E-state index contributed by atoms with van der Waals surface area (Å²) in [5.41, 5.74) is 4.21. The monoisotopic (exact) mass is 315 g/mol. The van der Waals surface area contributed by atoms with Crippen LogP contribution in [0.4, 0.5) is 0 Å². The topological polar surface area (TPSA) is 56.5 Å². The predicted octanol–water partition coefficient (Wildman–Crippen LogP) is 3.81. The lowest BCUT2D eigenvalue weighted by Crippen LogP contribution is -2.09. The van der Waals surface area contributed by atoms with Gasteiger partial charge in [-0.3, -0.25) is 4.98 Å². The molecular weight excluding hydrogens is 298 g/mol. The Morgan fingerprint density at radius 1 is 0.958 bits per heavy atom. The van der Waals surface area contributed by atoms with Crippen molar-refractivity contribution >= 4 is 10.9 Å². The van der Waals surface area contributed by atoms with Crippen LogP contribution in [0.2, 0.25) is 0 Å². The second-order valence-corrected chi connectivity index (χ2v) is 5.80. The number of imidazole rings is 1. The average molecular weight is 315 g/mol. The fraction of sp³-hybridized carbons (Fsp3) is 0.158. The molecule has 0 spiro atoms. The summed E-state index contributed by atoms with van der Waals surface area (Å²) in [6.07, 6.45) is 8.99. The average Bonchev–Trinajstić information content (AvgIpc) is 3.12. The molecule has 5 heteroatoms. The van der Waals surface area contributed by atoms with Gasteiger partial charge in [0.25, 0.3) is 0 Å². The van der Waals surface area contributed by atoms with Crippen molar-refractivity contribution in [2.75, 3.05) is 0 Å². The van der Waals surface area contributed by atoms with E-state index in [4.69, 9.17) is 0 Å². The van der Waals surface area contributed by atoms with Crippen molar-refractivity contribution in [2.45, 2.75) is 19.9 Å². The predicted molar refractivity (Wildman–Crippen MR) is 93.5 cm³/mol. The van der Waals surface area contributed by atoms with E-state index in [-0.39, 0.29) is 6.04 Å². The highest BCUT2D eigenvalue weighted by Gasteiger charge is 2.16. The number of fused-ring (bicyclic) bond motifs is 1. The van der Waals surface area contributed by atoms with E-state index in [0.29, 0.717) is 0 Å². The summed E-state index contributed by atoms with van der Waals surface area (Å²) in [6, 6.07) is 10.3. The maximum atomic E-state index is 4.60. The minimum atomic E-state index is 0.0681. The molecule has 24 heavy (non-hydrogen) atoms. The molecule has 0 unspecified atom stereocenters. The van der Waals surface area contributed by atoms with Crippen LogP contribution in [0, 0.1) is 6.92 Å². The van der Waals surface area contributed by atoms with Crippen LogP contribution in [0.3, 0.4) is 0 Å². The van der Waals surface area contributed by atoms with E-state index < -0.39 is 0 Å². The van der Waals surface area contributed by atoms with Gasteiger partial charge in [0, 0.05) is 35.7 Å². The van der Waals surface area contributed by atoms with Gasteiger partial charge in [-0.1, -0.05) is 18.2 Å². The molecule has 4 aromatic rings. The Balaban J connectivity index is 1.89. The highest BCUT2D eigenvalue weighted by atomic mass is 15.1. The van der Waals surface area contributed by atoms with Crippen molar-refractivity contribution < 1.29 is 0 Å². The molecular formula is C19H17N5. The fourth-order valence-electron chi connectivity index (χ4n) is 3.03. The van der Waals surface area contributed by atoms with Gasteiger partial charge < -0.3 is 4.57 Å². The molecule has 0 N–H and O–H groups in total. The summed E-state index contributed by atoms with van der Waals surface area (Å²) in [6.45, 7) is 4.19. The highest BCUT2D eigenvalue weighted by molar-refractivity contribution is 5.94. The van der Waals surface area contributed by atoms with Crippen LogP contribution in [0.1, 0.15) is 24.2 Å². The van der Waals surface area contributed by atoms with Gasteiger partial charge in [0.15, 0.2) is 0 Å². The van der Waals surface area contributed by atoms with Crippen LogP contribution in [-0.4, -0.2) is 24.5 Å². The Hall–Kier alpha value is -3.08. The van der Waals surface area contributed by atoms with Gasteiger partial charge in [-0.25, -0.2) is 15.0 Å². The van der Waals surface area contributed by atoms with Crippen LogP contribution in [0.5, 0.6) is 0 Å². The minimum absolute atomic E-state index is 0.0681. The minimum Gasteiger partial charge on any atom is -0.322 e. The molecule has 1 atom stereocenters. The van der Waals surface area contributed by atoms with E-state index in [0.717, 1.165) is 33.5 Å². The first-order chi connectivity index (χ1) is 11.8. The zero-order chi connectivity index (χ0) is 16.5. The number of benzene rings is 1. The number of rotatable bonds is 3. The first kappa shape index (κ1) is 14.5. The third-order valence-electron chi connectivity index (χ3n) is 4.33. The van der Waals surface area contributed by atoms with E-state index in [1.54, 1.807) is 12.5 Å². The van der Waals surface area contributed by atoms with Gasteiger partial charge in [-0.15, -0.1) is 0 Å². The molecule has 0 aliphatic carbocycles. The van der Waals surface area contributed by atoms with E-state index in [9.17, 15) is 0 Å². The van der Waals surface area contributed by atoms with Gasteiger partial charge in [0.1, 0.15) is 12.2 Å². The maximum Gasteiger partial charge on any atom is 0.141 e. The first-order valence-corrected chi connectivity index (χ1v) is 7.89. The van der Waals surface area contributed by atoms with Crippen molar-refractivity contribution in [3.8, 4) is 11.4 Å². The summed E-state index contributed by atoms with van der Waals surface area (Å²) in [5, 5.41) is 1.11. The van der Waals surface area contributed by atoms with E-state index in [1.165, 1.54) is 0 Å². The molecule has 0 bridgehead atoms. The Labute approximate surface area is 140 Å². The van der Waals surface area contributed by atoms with Gasteiger partial charge in [-0.05, 0) is 31.5 Å². The smallest absolute Gasteiger partial charge is 0.141 e. The fourth-order valence-corrected chi connectivity index (χ4v) is 3.03. The summed E-state index contributed by atoms with van der Waals surface area (Å²) < 4.78 is 2.14. The largest absolute Gasteiger partial charge is 0.322 e. The van der Waals surface area contributed by atoms with Crippen LogP contribution < -0.4 is 0 Å². The summed E-state index contributed by atoms with van der Waals surface area (Å²) in [5.74, 6) is 0.916. The second-order valence-electron chi connectivity index (χ2n) is 5.80. The zero-order valence-electron chi connectivity index (χ0n) is 13.6. The van der Waals surface area contributed by atoms with Crippen molar-refractivity contribution in [2.24, 2.45) is 0 Å². The molecule has 0 aliphatic heterocycles. The maximum absolute atomic E-state index is 4.60. The summed E-state index contributed by atoms with van der Waals surface area (Å²) in [7, 11) is 0. The highest BCUT2D eigenvalue weighted by Crippen LogP contribution is 2.31. The third-order valence-corrected chi connectivity index (χ3v) is 4.33. The molecule has 0 fully saturated rings. The molecule has 0 radical (unpaired) electrons. The van der Waals surface area contributed by atoms with Crippen LogP contribution >= 0.6 is 0 Å². The van der Waals surface area contributed by atoms with Crippen LogP contribution in [0.25, 0.3) is 22.3 Å². The molecule has 5 nitrogen and oxygen atoms in total. The van der Waals surface area contributed by atoms with Gasteiger partial charge >= 0.3 is 0 Å². The molecule has 1 aromatic carbocycles. The lowest BCUT2D eigenvalue weighted by molar-refractivity contribution is 0.625. The molecule has 3 aromatic heterocycles.